The summed E-state index contributed by atoms with van der Waals surface area (Å²) in [5.74, 6) is -0.390. The minimum atomic E-state index is -3.57. The summed E-state index contributed by atoms with van der Waals surface area (Å²) in [5, 5.41) is 3.08. The van der Waals surface area contributed by atoms with Gasteiger partial charge in [-0.25, -0.2) is 8.42 Å². The van der Waals surface area contributed by atoms with Crippen LogP contribution >= 0.6 is 11.6 Å². The van der Waals surface area contributed by atoms with E-state index in [-0.39, 0.29) is 24.8 Å². The zero-order chi connectivity index (χ0) is 25.3. The molecule has 1 N–H and O–H groups in total. The lowest BCUT2D eigenvalue weighted by molar-refractivity contribution is -0.140. The molecule has 2 aromatic carbocycles. The number of sulfonamides is 1. The number of anilines is 1. The minimum Gasteiger partial charge on any atom is -0.357 e. The number of halogens is 1. The van der Waals surface area contributed by atoms with Crippen molar-refractivity contribution in [1.29, 1.82) is 0 Å². The molecular formula is C25H34ClN3O4S. The van der Waals surface area contributed by atoms with Gasteiger partial charge in [-0.15, -0.1) is 0 Å². The second-order valence-electron chi connectivity index (χ2n) is 8.23. The van der Waals surface area contributed by atoms with Crippen molar-refractivity contribution in [3.05, 3.63) is 64.7 Å². The first-order chi connectivity index (χ1) is 16.1. The highest BCUT2D eigenvalue weighted by Crippen LogP contribution is 2.26. The molecule has 9 heteroatoms. The van der Waals surface area contributed by atoms with Crippen LogP contribution in [0.5, 0.6) is 0 Å². The third kappa shape index (κ3) is 7.74. The lowest BCUT2D eigenvalue weighted by Gasteiger charge is -2.31. The average molecular weight is 508 g/mol. The van der Waals surface area contributed by atoms with E-state index >= 15 is 0 Å². The van der Waals surface area contributed by atoms with Crippen molar-refractivity contribution in [3.63, 3.8) is 0 Å². The van der Waals surface area contributed by atoms with Crippen LogP contribution in [0.15, 0.2) is 48.5 Å². The first-order valence-corrected chi connectivity index (χ1v) is 13.6. The Morgan fingerprint density at radius 2 is 1.76 bits per heavy atom. The summed E-state index contributed by atoms with van der Waals surface area (Å²) in [5.41, 5.74) is 2.35. The number of aryl methyl sites for hydroxylation is 1. The Kier molecular flexibility index (Phi) is 10.4. The number of carbonyl (C=O) groups excluding carboxylic acids is 2. The Bertz CT molecular complexity index is 1080. The standard InChI is InChI=1S/C25H34ClN3O4S/c1-5-22(25(31)27-3)28(17-15-20-10-7-6-8-11-20)24(30)12-9-16-29(34(4,32)33)23-18-21(26)14-13-19(23)2/h6-8,10-11,13-14,18,22H,5,9,12,15-17H2,1-4H3,(H,27,31). The van der Waals surface area contributed by atoms with Gasteiger partial charge in [-0.3, -0.25) is 13.9 Å². The van der Waals surface area contributed by atoms with Gasteiger partial charge >= 0.3 is 0 Å². The molecule has 0 radical (unpaired) electrons. The molecule has 2 rings (SSSR count). The van der Waals surface area contributed by atoms with Gasteiger partial charge in [0.2, 0.25) is 21.8 Å². The second kappa shape index (κ2) is 12.8. The number of hydrogen-bond donors (Lipinski definition) is 1. The van der Waals surface area contributed by atoms with E-state index in [1.54, 1.807) is 30.1 Å². The SMILES string of the molecule is CCC(C(=O)NC)N(CCc1ccccc1)C(=O)CCCN(c1cc(Cl)ccc1C)S(C)(=O)=O. The molecule has 0 saturated heterocycles. The quantitative estimate of drug-likeness (QED) is 0.473. The van der Waals surface area contributed by atoms with Crippen molar-refractivity contribution in [2.24, 2.45) is 0 Å². The van der Waals surface area contributed by atoms with Crippen molar-refractivity contribution in [2.45, 2.75) is 45.6 Å². The maximum atomic E-state index is 13.2. The number of nitrogens with zero attached hydrogens (tertiary/aromatic N) is 2. The van der Waals surface area contributed by atoms with E-state index in [0.717, 1.165) is 17.4 Å². The van der Waals surface area contributed by atoms with Gasteiger partial charge in [-0.1, -0.05) is 54.9 Å². The molecule has 1 atom stereocenters. The van der Waals surface area contributed by atoms with E-state index in [1.807, 2.05) is 44.2 Å². The summed E-state index contributed by atoms with van der Waals surface area (Å²) < 4.78 is 26.2. The van der Waals surface area contributed by atoms with Crippen LogP contribution in [0.3, 0.4) is 0 Å². The summed E-state index contributed by atoms with van der Waals surface area (Å²) in [6.45, 7) is 4.22. The van der Waals surface area contributed by atoms with E-state index in [2.05, 4.69) is 5.32 Å². The Morgan fingerprint density at radius 1 is 1.09 bits per heavy atom. The fraction of sp³-hybridized carbons (Fsp3) is 0.440. The minimum absolute atomic E-state index is 0.119. The monoisotopic (exact) mass is 507 g/mol. The fourth-order valence-electron chi connectivity index (χ4n) is 3.90. The van der Waals surface area contributed by atoms with Crippen LogP contribution in [0.4, 0.5) is 5.69 Å². The number of carbonyl (C=O) groups is 2. The molecule has 0 aliphatic rings. The van der Waals surface area contributed by atoms with Crippen LogP contribution < -0.4 is 9.62 Å². The molecule has 186 valence electrons. The Morgan fingerprint density at radius 3 is 2.35 bits per heavy atom. The van der Waals surface area contributed by atoms with E-state index in [9.17, 15) is 18.0 Å². The molecule has 0 aliphatic heterocycles. The highest BCUT2D eigenvalue weighted by atomic mass is 35.5. The molecule has 0 fully saturated rings. The summed E-state index contributed by atoms with van der Waals surface area (Å²) in [6, 6.07) is 14.3. The zero-order valence-electron chi connectivity index (χ0n) is 20.3. The lowest BCUT2D eigenvalue weighted by atomic mass is 10.1. The zero-order valence-corrected chi connectivity index (χ0v) is 21.8. The van der Waals surface area contributed by atoms with Crippen molar-refractivity contribution in [1.82, 2.24) is 10.2 Å². The van der Waals surface area contributed by atoms with Gasteiger partial charge in [-0.05, 0) is 49.4 Å². The van der Waals surface area contributed by atoms with Crippen LogP contribution in [0, 0.1) is 6.92 Å². The molecule has 0 aliphatic carbocycles. The van der Waals surface area contributed by atoms with Gasteiger partial charge in [0.05, 0.1) is 11.9 Å². The predicted molar refractivity (Wildman–Crippen MR) is 138 cm³/mol. The first kappa shape index (κ1) is 27.7. The van der Waals surface area contributed by atoms with Gasteiger partial charge in [-0.2, -0.15) is 0 Å². The number of hydrogen-bond acceptors (Lipinski definition) is 4. The number of nitrogens with one attached hydrogen (secondary N) is 1. The molecule has 0 bridgehead atoms. The highest BCUT2D eigenvalue weighted by molar-refractivity contribution is 7.92. The molecule has 0 saturated carbocycles. The molecule has 7 nitrogen and oxygen atoms in total. The number of amides is 2. The molecule has 0 heterocycles. The van der Waals surface area contributed by atoms with Crippen molar-refractivity contribution < 1.29 is 18.0 Å². The third-order valence-electron chi connectivity index (χ3n) is 5.71. The summed E-state index contributed by atoms with van der Waals surface area (Å²) in [4.78, 5) is 27.3. The molecule has 0 aromatic heterocycles. The van der Waals surface area contributed by atoms with E-state index in [4.69, 9.17) is 11.6 Å². The van der Waals surface area contributed by atoms with Crippen LogP contribution in [-0.4, -0.2) is 57.6 Å². The van der Waals surface area contributed by atoms with Gasteiger partial charge in [0.25, 0.3) is 0 Å². The topological polar surface area (TPSA) is 86.8 Å². The first-order valence-electron chi connectivity index (χ1n) is 11.4. The molecule has 2 aromatic rings. The Hall–Kier alpha value is -2.58. The summed E-state index contributed by atoms with van der Waals surface area (Å²) >= 11 is 6.10. The number of rotatable bonds is 12. The van der Waals surface area contributed by atoms with E-state index < -0.39 is 16.1 Å². The Labute approximate surface area is 208 Å². The molecular weight excluding hydrogens is 474 g/mol. The fourth-order valence-corrected chi connectivity index (χ4v) is 5.08. The maximum Gasteiger partial charge on any atom is 0.242 e. The lowest BCUT2D eigenvalue weighted by Crippen LogP contribution is -2.49. The molecule has 0 spiro atoms. The third-order valence-corrected chi connectivity index (χ3v) is 7.12. The van der Waals surface area contributed by atoms with Gasteiger partial charge in [0.1, 0.15) is 6.04 Å². The Balaban J connectivity index is 2.16. The molecule has 2 amide bonds. The van der Waals surface area contributed by atoms with Gasteiger partial charge < -0.3 is 10.2 Å². The van der Waals surface area contributed by atoms with Gasteiger partial charge in [0.15, 0.2) is 0 Å². The normalized spacial score (nSPS) is 12.1. The molecule has 1 unspecified atom stereocenters. The van der Waals surface area contributed by atoms with Crippen LogP contribution in [0.1, 0.15) is 37.3 Å². The summed E-state index contributed by atoms with van der Waals surface area (Å²) in [6.07, 6.45) is 2.67. The number of benzene rings is 2. The van der Waals surface area contributed by atoms with E-state index in [0.29, 0.717) is 36.5 Å². The van der Waals surface area contributed by atoms with Crippen molar-refractivity contribution in [2.75, 3.05) is 30.7 Å². The smallest absolute Gasteiger partial charge is 0.242 e. The van der Waals surface area contributed by atoms with Crippen LogP contribution in [0.2, 0.25) is 5.02 Å². The predicted octanol–water partition coefficient (Wildman–Crippen LogP) is 3.79. The average Bonchev–Trinajstić information content (AvgIpc) is 2.80. The molecule has 34 heavy (non-hydrogen) atoms. The van der Waals surface area contributed by atoms with Crippen molar-refractivity contribution >= 4 is 39.1 Å². The van der Waals surface area contributed by atoms with Gasteiger partial charge in [0, 0.05) is 31.6 Å². The second-order valence-corrected chi connectivity index (χ2v) is 10.6. The maximum absolute atomic E-state index is 13.2. The van der Waals surface area contributed by atoms with Crippen LogP contribution in [0.25, 0.3) is 0 Å². The summed E-state index contributed by atoms with van der Waals surface area (Å²) in [7, 11) is -2.02. The largest absolute Gasteiger partial charge is 0.357 e. The van der Waals surface area contributed by atoms with Crippen LogP contribution in [-0.2, 0) is 26.0 Å². The number of likely N-dealkylation sites (N-methyl/N-ethyl adjacent to an activating group) is 1. The van der Waals surface area contributed by atoms with E-state index in [1.165, 1.54) is 4.31 Å². The van der Waals surface area contributed by atoms with Crippen molar-refractivity contribution in [3.8, 4) is 0 Å². The highest BCUT2D eigenvalue weighted by Gasteiger charge is 2.28.